The summed E-state index contributed by atoms with van der Waals surface area (Å²) in [5, 5.41) is 3.86. The molecule has 1 aromatic carbocycles. The third-order valence-electron chi connectivity index (χ3n) is 2.72. The van der Waals surface area contributed by atoms with Crippen molar-refractivity contribution in [3.8, 4) is 11.5 Å². The van der Waals surface area contributed by atoms with Crippen LogP contribution in [0.5, 0.6) is 11.5 Å². The minimum absolute atomic E-state index is 0.0300. The Hall–Kier alpha value is -2.38. The third kappa shape index (κ3) is 1.94. The first-order chi connectivity index (χ1) is 8.96. The quantitative estimate of drug-likeness (QED) is 0.814. The fourth-order valence-electron chi connectivity index (χ4n) is 1.84. The Morgan fingerprint density at radius 2 is 2.16 bits per heavy atom. The molecule has 1 aliphatic rings. The van der Waals surface area contributed by atoms with Crippen molar-refractivity contribution in [2.75, 3.05) is 0 Å². The van der Waals surface area contributed by atoms with Crippen molar-refractivity contribution >= 4 is 0 Å². The maximum atomic E-state index is 13.0. The first kappa shape index (κ1) is 11.7. The second-order valence-corrected chi connectivity index (χ2v) is 4.09. The smallest absolute Gasteiger partial charge is 0.395 e. The van der Waals surface area contributed by atoms with Gasteiger partial charge in [0, 0.05) is 12.6 Å². The number of hydrogen-bond donors (Lipinski definition) is 0. The van der Waals surface area contributed by atoms with Gasteiger partial charge in [0.15, 0.2) is 11.5 Å². The number of alkyl halides is 2. The Labute approximate surface area is 105 Å². The zero-order chi connectivity index (χ0) is 13.6. The molecule has 19 heavy (non-hydrogen) atoms. The molecule has 0 fully saturated rings. The normalized spacial score (nSPS) is 15.7. The average Bonchev–Trinajstić information content (AvgIpc) is 2.82. The Morgan fingerprint density at radius 3 is 2.84 bits per heavy atom. The van der Waals surface area contributed by atoms with E-state index in [0.717, 1.165) is 4.68 Å². The molecule has 2 aromatic rings. The third-order valence-corrected chi connectivity index (χ3v) is 2.72. The number of hydrogen-bond acceptors (Lipinski definition) is 4. The number of ether oxygens (including phenoxy) is 2. The summed E-state index contributed by atoms with van der Waals surface area (Å²) in [5.74, 6) is -0.114. The summed E-state index contributed by atoms with van der Waals surface area (Å²) < 4.78 is 37.2. The van der Waals surface area contributed by atoms with Crippen molar-refractivity contribution in [2.45, 2.75) is 12.8 Å². The number of fused-ring (bicyclic) bond motifs is 1. The van der Waals surface area contributed by atoms with Gasteiger partial charge in [-0.1, -0.05) is 12.1 Å². The molecule has 0 amide bonds. The molecule has 0 saturated heterocycles. The second kappa shape index (κ2) is 3.81. The fourth-order valence-corrected chi connectivity index (χ4v) is 1.84. The molecule has 3 rings (SSSR count). The van der Waals surface area contributed by atoms with E-state index in [4.69, 9.17) is 0 Å². The molecule has 0 bridgehead atoms. The first-order valence-electron chi connectivity index (χ1n) is 5.42. The molecule has 0 saturated carbocycles. The van der Waals surface area contributed by atoms with E-state index in [9.17, 15) is 13.6 Å². The van der Waals surface area contributed by atoms with Gasteiger partial charge in [-0.25, -0.2) is 9.48 Å². The van der Waals surface area contributed by atoms with Crippen LogP contribution in [0.3, 0.4) is 0 Å². The summed E-state index contributed by atoms with van der Waals surface area (Å²) >= 11 is 0. The summed E-state index contributed by atoms with van der Waals surface area (Å²) in [6.07, 6.45) is -2.33. The molecule has 0 unspecified atom stereocenters. The molecular formula is C11H9F2N3O3. The molecule has 0 atom stereocenters. The van der Waals surface area contributed by atoms with Crippen molar-refractivity contribution in [1.29, 1.82) is 0 Å². The summed E-state index contributed by atoms with van der Waals surface area (Å²) in [7, 11) is 1.55. The molecule has 1 aromatic heterocycles. The van der Waals surface area contributed by atoms with Gasteiger partial charge >= 0.3 is 12.0 Å². The van der Waals surface area contributed by atoms with Crippen LogP contribution in [0.4, 0.5) is 8.78 Å². The molecule has 8 heteroatoms. The number of aryl methyl sites for hydroxylation is 1. The zero-order valence-corrected chi connectivity index (χ0v) is 9.84. The summed E-state index contributed by atoms with van der Waals surface area (Å²) in [6, 6.07) is 4.50. The molecule has 0 spiro atoms. The largest absolute Gasteiger partial charge is 0.586 e. The van der Waals surface area contributed by atoms with E-state index in [1.807, 2.05) is 0 Å². The molecule has 0 aliphatic carbocycles. The van der Waals surface area contributed by atoms with Gasteiger partial charge in [-0.05, 0) is 6.07 Å². The highest BCUT2D eigenvalue weighted by Gasteiger charge is 2.44. The predicted octanol–water partition coefficient (Wildman–Crippen LogP) is 0.952. The van der Waals surface area contributed by atoms with Crippen molar-refractivity contribution in [3.63, 3.8) is 0 Å². The maximum absolute atomic E-state index is 13.0. The van der Waals surface area contributed by atoms with E-state index in [1.165, 1.54) is 17.0 Å². The van der Waals surface area contributed by atoms with E-state index in [2.05, 4.69) is 14.6 Å². The number of benzene rings is 1. The average molecular weight is 269 g/mol. The monoisotopic (exact) mass is 269 g/mol. The Kier molecular flexibility index (Phi) is 2.34. The van der Waals surface area contributed by atoms with Gasteiger partial charge < -0.3 is 9.47 Å². The molecule has 6 nitrogen and oxygen atoms in total. The van der Waals surface area contributed by atoms with Crippen molar-refractivity contribution in [3.05, 3.63) is 40.6 Å². The Morgan fingerprint density at radius 1 is 1.37 bits per heavy atom. The van der Waals surface area contributed by atoms with E-state index in [1.54, 1.807) is 19.2 Å². The van der Waals surface area contributed by atoms with Gasteiger partial charge in [0.2, 0.25) is 0 Å². The highest BCUT2D eigenvalue weighted by Crippen LogP contribution is 2.43. The van der Waals surface area contributed by atoms with E-state index in [0.29, 0.717) is 5.56 Å². The summed E-state index contributed by atoms with van der Waals surface area (Å²) in [6.45, 7) is 0.0300. The van der Waals surface area contributed by atoms with Crippen LogP contribution in [-0.4, -0.2) is 20.6 Å². The molecule has 2 heterocycles. The predicted molar refractivity (Wildman–Crippen MR) is 59.2 cm³/mol. The number of aromatic nitrogens is 3. The number of nitrogens with zero attached hydrogens (tertiary/aromatic N) is 3. The molecule has 0 radical (unpaired) electrons. The number of rotatable bonds is 2. The summed E-state index contributed by atoms with van der Waals surface area (Å²) in [4.78, 5) is 11.6. The SMILES string of the molecule is Cn1cnn(Cc2cccc3c2OC(F)(F)O3)c1=O. The lowest BCUT2D eigenvalue weighted by molar-refractivity contribution is -0.286. The molecule has 0 N–H and O–H groups in total. The van der Waals surface area contributed by atoms with Crippen LogP contribution < -0.4 is 15.2 Å². The standard InChI is InChI=1S/C11H9F2N3O3/c1-15-6-14-16(10(15)17)5-7-3-2-4-8-9(7)19-11(12,13)18-8/h2-4,6H,5H2,1H3. The highest BCUT2D eigenvalue weighted by atomic mass is 19.3. The van der Waals surface area contributed by atoms with Crippen LogP contribution in [0.15, 0.2) is 29.3 Å². The molecule has 100 valence electrons. The minimum Gasteiger partial charge on any atom is -0.395 e. The van der Waals surface area contributed by atoms with Gasteiger partial charge in [0.25, 0.3) is 0 Å². The van der Waals surface area contributed by atoms with Gasteiger partial charge in [-0.2, -0.15) is 5.10 Å². The molecule has 1 aliphatic heterocycles. The van der Waals surface area contributed by atoms with Crippen LogP contribution in [0.25, 0.3) is 0 Å². The highest BCUT2D eigenvalue weighted by molar-refractivity contribution is 5.48. The molecular weight excluding hydrogens is 260 g/mol. The van der Waals surface area contributed by atoms with Crippen LogP contribution in [0.1, 0.15) is 5.56 Å². The van der Waals surface area contributed by atoms with E-state index < -0.39 is 6.29 Å². The lowest BCUT2D eigenvalue weighted by atomic mass is 10.2. The minimum atomic E-state index is -3.67. The van der Waals surface area contributed by atoms with E-state index >= 15 is 0 Å². The topological polar surface area (TPSA) is 58.3 Å². The van der Waals surface area contributed by atoms with Crippen LogP contribution in [0.2, 0.25) is 0 Å². The van der Waals surface area contributed by atoms with Gasteiger partial charge in [-0.15, -0.1) is 8.78 Å². The van der Waals surface area contributed by atoms with Gasteiger partial charge in [-0.3, -0.25) is 4.57 Å². The van der Waals surface area contributed by atoms with Crippen LogP contribution in [-0.2, 0) is 13.6 Å². The fraction of sp³-hybridized carbons (Fsp3) is 0.273. The van der Waals surface area contributed by atoms with Crippen LogP contribution >= 0.6 is 0 Å². The number of halogens is 2. The Balaban J connectivity index is 1.98. The second-order valence-electron chi connectivity index (χ2n) is 4.09. The first-order valence-corrected chi connectivity index (χ1v) is 5.42. The van der Waals surface area contributed by atoms with Gasteiger partial charge in [0.1, 0.15) is 6.33 Å². The van der Waals surface area contributed by atoms with Gasteiger partial charge in [0.05, 0.1) is 6.54 Å². The van der Waals surface area contributed by atoms with Crippen molar-refractivity contribution < 1.29 is 18.3 Å². The number of para-hydroxylation sites is 1. The van der Waals surface area contributed by atoms with Crippen molar-refractivity contribution in [1.82, 2.24) is 14.3 Å². The van der Waals surface area contributed by atoms with E-state index in [-0.39, 0.29) is 23.7 Å². The Bertz CT molecular complexity index is 693. The lowest BCUT2D eigenvalue weighted by Crippen LogP contribution is -2.26. The van der Waals surface area contributed by atoms with Crippen LogP contribution in [0, 0.1) is 0 Å². The van der Waals surface area contributed by atoms with Crippen molar-refractivity contribution in [2.24, 2.45) is 7.05 Å². The summed E-state index contributed by atoms with van der Waals surface area (Å²) in [5.41, 5.74) is 0.0544. The maximum Gasteiger partial charge on any atom is 0.586 e. The zero-order valence-electron chi connectivity index (χ0n) is 9.84. The lowest BCUT2D eigenvalue weighted by Gasteiger charge is -2.06.